The van der Waals surface area contributed by atoms with Crippen molar-refractivity contribution >= 4 is 11.7 Å². The molecule has 144 valence electrons. The number of rotatable bonds is 5. The third kappa shape index (κ3) is 3.98. The first-order chi connectivity index (χ1) is 13.7. The lowest BCUT2D eigenvalue weighted by atomic mass is 10.2. The highest BCUT2D eigenvalue weighted by Crippen LogP contribution is 2.19. The van der Waals surface area contributed by atoms with Crippen LogP contribution in [0.2, 0.25) is 0 Å². The van der Waals surface area contributed by atoms with Gasteiger partial charge in [-0.25, -0.2) is 4.98 Å². The summed E-state index contributed by atoms with van der Waals surface area (Å²) in [6.07, 6.45) is 6.62. The van der Waals surface area contributed by atoms with E-state index in [4.69, 9.17) is 9.15 Å². The highest BCUT2D eigenvalue weighted by molar-refractivity contribution is 5.95. The molecule has 28 heavy (non-hydrogen) atoms. The van der Waals surface area contributed by atoms with Crippen LogP contribution in [0.4, 0.5) is 5.82 Å². The number of nitrogens with zero attached hydrogens (tertiary/aromatic N) is 4. The lowest BCUT2D eigenvalue weighted by molar-refractivity contribution is 0.0741. The second-order valence-electron chi connectivity index (χ2n) is 6.70. The summed E-state index contributed by atoms with van der Waals surface area (Å²) in [6.45, 7) is 4.93. The van der Waals surface area contributed by atoms with Crippen LogP contribution in [0.3, 0.4) is 0 Å². The number of aryl methyl sites for hydroxylation is 1. The molecule has 3 heterocycles. The molecule has 7 nitrogen and oxygen atoms in total. The quantitative estimate of drug-likeness (QED) is 0.680. The topological polar surface area (TPSA) is 71.7 Å². The normalized spacial score (nSPS) is 14.2. The Balaban J connectivity index is 1.37. The fourth-order valence-corrected chi connectivity index (χ4v) is 3.19. The van der Waals surface area contributed by atoms with E-state index in [1.807, 2.05) is 36.1 Å². The molecule has 2 aromatic heterocycles. The van der Waals surface area contributed by atoms with Gasteiger partial charge in [0.1, 0.15) is 18.2 Å². The van der Waals surface area contributed by atoms with E-state index in [0.717, 1.165) is 24.7 Å². The summed E-state index contributed by atoms with van der Waals surface area (Å²) >= 11 is 0. The van der Waals surface area contributed by atoms with Gasteiger partial charge in [0.25, 0.3) is 5.91 Å². The fraction of sp³-hybridized carbons (Fsp3) is 0.286. The van der Waals surface area contributed by atoms with E-state index >= 15 is 0 Å². The molecule has 1 aromatic carbocycles. The molecule has 1 fully saturated rings. The molecule has 0 saturated carbocycles. The summed E-state index contributed by atoms with van der Waals surface area (Å²) < 4.78 is 11.3. The van der Waals surface area contributed by atoms with Crippen LogP contribution in [-0.2, 0) is 6.61 Å². The molecule has 3 aromatic rings. The Bertz CT molecular complexity index is 916. The Hall–Kier alpha value is -3.35. The van der Waals surface area contributed by atoms with Crippen LogP contribution in [0.25, 0.3) is 0 Å². The predicted octanol–water partition coefficient (Wildman–Crippen LogP) is 2.92. The van der Waals surface area contributed by atoms with Crippen LogP contribution < -0.4 is 9.64 Å². The second kappa shape index (κ2) is 8.12. The van der Waals surface area contributed by atoms with Gasteiger partial charge in [-0.05, 0) is 25.1 Å². The molecular formula is C21H22N4O3. The Kier molecular flexibility index (Phi) is 5.23. The Morgan fingerprint density at radius 1 is 1.11 bits per heavy atom. The standard InChI is InChI=1S/C21H22N4O3/c1-16-2-4-17(5-3-16)28-15-19-18(6-13-27-19)21(26)25-11-9-24(10-12-25)20-14-22-7-8-23-20/h2-8,13-14H,9-12,15H2,1H3. The number of carbonyl (C=O) groups excluding carboxylic acids is 1. The van der Waals surface area contributed by atoms with Crippen molar-refractivity contribution in [2.75, 3.05) is 31.1 Å². The van der Waals surface area contributed by atoms with Gasteiger partial charge >= 0.3 is 0 Å². The van der Waals surface area contributed by atoms with Crippen molar-refractivity contribution in [3.8, 4) is 5.75 Å². The van der Waals surface area contributed by atoms with Gasteiger partial charge in [-0.15, -0.1) is 0 Å². The molecule has 0 radical (unpaired) electrons. The van der Waals surface area contributed by atoms with Gasteiger partial charge in [-0.2, -0.15) is 0 Å². The molecule has 0 aliphatic carbocycles. The van der Waals surface area contributed by atoms with Crippen LogP contribution in [-0.4, -0.2) is 47.0 Å². The number of carbonyl (C=O) groups is 1. The molecular weight excluding hydrogens is 356 g/mol. The fourth-order valence-electron chi connectivity index (χ4n) is 3.19. The van der Waals surface area contributed by atoms with Gasteiger partial charge in [-0.1, -0.05) is 17.7 Å². The third-order valence-electron chi connectivity index (χ3n) is 4.81. The molecule has 0 atom stereocenters. The summed E-state index contributed by atoms with van der Waals surface area (Å²) in [5.41, 5.74) is 1.72. The number of amides is 1. The monoisotopic (exact) mass is 378 g/mol. The van der Waals surface area contributed by atoms with Crippen LogP contribution in [0, 0.1) is 6.92 Å². The van der Waals surface area contributed by atoms with Crippen molar-refractivity contribution in [3.63, 3.8) is 0 Å². The maximum atomic E-state index is 12.9. The minimum atomic E-state index is -0.0324. The number of furan rings is 1. The van der Waals surface area contributed by atoms with E-state index in [2.05, 4.69) is 14.9 Å². The summed E-state index contributed by atoms with van der Waals surface area (Å²) in [7, 11) is 0. The number of anilines is 1. The van der Waals surface area contributed by atoms with Crippen molar-refractivity contribution in [1.82, 2.24) is 14.9 Å². The zero-order chi connectivity index (χ0) is 19.3. The lowest BCUT2D eigenvalue weighted by Crippen LogP contribution is -2.49. The molecule has 0 spiro atoms. The number of hydrogen-bond acceptors (Lipinski definition) is 6. The molecule has 1 amide bonds. The number of benzene rings is 1. The molecule has 7 heteroatoms. The first kappa shape index (κ1) is 18.0. The number of hydrogen-bond donors (Lipinski definition) is 0. The van der Waals surface area contributed by atoms with Crippen molar-refractivity contribution in [2.45, 2.75) is 13.5 Å². The van der Waals surface area contributed by atoms with Gasteiger partial charge in [0.2, 0.25) is 0 Å². The first-order valence-electron chi connectivity index (χ1n) is 9.27. The Labute approximate surface area is 163 Å². The Morgan fingerprint density at radius 3 is 2.61 bits per heavy atom. The highest BCUT2D eigenvalue weighted by atomic mass is 16.5. The summed E-state index contributed by atoms with van der Waals surface area (Å²) in [5.74, 6) is 2.10. The summed E-state index contributed by atoms with van der Waals surface area (Å²) in [4.78, 5) is 25.3. The number of aromatic nitrogens is 2. The van der Waals surface area contributed by atoms with Crippen molar-refractivity contribution in [3.05, 3.63) is 72.1 Å². The van der Waals surface area contributed by atoms with Gasteiger partial charge in [0.15, 0.2) is 5.76 Å². The van der Waals surface area contributed by atoms with Crippen LogP contribution >= 0.6 is 0 Å². The lowest BCUT2D eigenvalue weighted by Gasteiger charge is -2.35. The zero-order valence-corrected chi connectivity index (χ0v) is 15.7. The van der Waals surface area contributed by atoms with Gasteiger partial charge in [-0.3, -0.25) is 9.78 Å². The zero-order valence-electron chi connectivity index (χ0n) is 15.7. The molecule has 1 aliphatic heterocycles. The first-order valence-corrected chi connectivity index (χ1v) is 9.27. The van der Waals surface area contributed by atoms with Crippen molar-refractivity contribution in [1.29, 1.82) is 0 Å². The summed E-state index contributed by atoms with van der Waals surface area (Å²) in [6, 6.07) is 9.50. The van der Waals surface area contributed by atoms with E-state index in [9.17, 15) is 4.79 Å². The minimum absolute atomic E-state index is 0.0324. The Morgan fingerprint density at radius 2 is 1.89 bits per heavy atom. The van der Waals surface area contributed by atoms with Gasteiger partial charge in [0.05, 0.1) is 18.0 Å². The smallest absolute Gasteiger partial charge is 0.257 e. The molecule has 4 rings (SSSR count). The third-order valence-corrected chi connectivity index (χ3v) is 4.81. The van der Waals surface area contributed by atoms with E-state index in [-0.39, 0.29) is 12.5 Å². The van der Waals surface area contributed by atoms with E-state index < -0.39 is 0 Å². The van der Waals surface area contributed by atoms with E-state index in [1.165, 1.54) is 11.8 Å². The van der Waals surface area contributed by atoms with E-state index in [1.54, 1.807) is 24.7 Å². The van der Waals surface area contributed by atoms with Crippen LogP contribution in [0.1, 0.15) is 21.7 Å². The van der Waals surface area contributed by atoms with Crippen LogP contribution in [0.5, 0.6) is 5.75 Å². The average molecular weight is 378 g/mol. The van der Waals surface area contributed by atoms with Crippen LogP contribution in [0.15, 0.2) is 59.6 Å². The predicted molar refractivity (Wildman–Crippen MR) is 104 cm³/mol. The molecule has 0 bridgehead atoms. The average Bonchev–Trinajstić information content (AvgIpc) is 3.22. The number of piperazine rings is 1. The van der Waals surface area contributed by atoms with Gasteiger partial charge < -0.3 is 19.0 Å². The maximum absolute atomic E-state index is 12.9. The second-order valence-corrected chi connectivity index (χ2v) is 6.70. The molecule has 0 unspecified atom stereocenters. The maximum Gasteiger partial charge on any atom is 0.257 e. The largest absolute Gasteiger partial charge is 0.486 e. The van der Waals surface area contributed by atoms with E-state index in [0.29, 0.717) is 24.4 Å². The minimum Gasteiger partial charge on any atom is -0.486 e. The highest BCUT2D eigenvalue weighted by Gasteiger charge is 2.25. The molecule has 1 aliphatic rings. The SMILES string of the molecule is Cc1ccc(OCc2occc2C(=O)N2CCN(c3cnccn3)CC2)cc1. The molecule has 0 N–H and O–H groups in total. The summed E-state index contributed by atoms with van der Waals surface area (Å²) in [5, 5.41) is 0. The van der Waals surface area contributed by atoms with Gasteiger partial charge in [0, 0.05) is 38.6 Å². The van der Waals surface area contributed by atoms with Crippen molar-refractivity contribution < 1.29 is 13.9 Å². The van der Waals surface area contributed by atoms with Crippen molar-refractivity contribution in [2.24, 2.45) is 0 Å². The molecule has 1 saturated heterocycles. The number of ether oxygens (including phenoxy) is 1.